The molecule has 21 aromatic carbocycles. The molecule has 6 nitrogen and oxygen atoms in total. The van der Waals surface area contributed by atoms with Crippen LogP contribution in [0.15, 0.2) is 463 Å². The average molecular weight is 1870 g/mol. The van der Waals surface area contributed by atoms with Crippen molar-refractivity contribution >= 4 is 164 Å². The lowest BCUT2D eigenvalue weighted by atomic mass is 9.88. The molecule has 0 saturated heterocycles. The lowest BCUT2D eigenvalue weighted by Crippen LogP contribution is -1.93. The smallest absolute Gasteiger partial charge is 0.143 e. The van der Waals surface area contributed by atoms with E-state index in [0.29, 0.717) is 35.5 Å². The van der Waals surface area contributed by atoms with Crippen LogP contribution in [0.25, 0.3) is 231 Å². The number of hydrogen-bond donors (Lipinski definition) is 0. The number of benzene rings is 21. The maximum absolute atomic E-state index is 6.28. The van der Waals surface area contributed by atoms with Crippen molar-refractivity contribution in [2.45, 2.75) is 119 Å². The summed E-state index contributed by atoms with van der Waals surface area (Å²) < 4.78 is 36.8. The lowest BCUT2D eigenvalue weighted by molar-refractivity contribution is 0.668. The molecule has 27 aromatic rings. The Labute approximate surface area is 840 Å². The molecule has 6 heteroatoms. The van der Waals surface area contributed by atoms with Gasteiger partial charge in [0.05, 0.1) is 0 Å². The highest BCUT2D eigenvalue weighted by molar-refractivity contribution is 6.17. The van der Waals surface area contributed by atoms with Crippen LogP contribution in [0.1, 0.15) is 152 Å². The number of rotatable bonds is 12. The number of fused-ring (bicyclic) bond motifs is 21. The van der Waals surface area contributed by atoms with Crippen molar-refractivity contribution in [1.82, 2.24) is 0 Å². The van der Waals surface area contributed by atoms with Gasteiger partial charge in [-0.05, 0) is 272 Å². The van der Waals surface area contributed by atoms with E-state index in [1.165, 1.54) is 197 Å². The molecule has 0 N–H and O–H groups in total. The number of para-hydroxylation sites is 6. The fraction of sp³-hybridized carbons (Fsp3) is 0.130. The van der Waals surface area contributed by atoms with E-state index in [1.807, 2.05) is 66.7 Å². The summed E-state index contributed by atoms with van der Waals surface area (Å²) in [7, 11) is 0. The highest BCUT2D eigenvalue weighted by atomic mass is 16.3. The molecule has 0 aliphatic carbocycles. The van der Waals surface area contributed by atoms with Gasteiger partial charge in [-0.1, -0.05) is 405 Å². The molecule has 702 valence electrons. The summed E-state index contributed by atoms with van der Waals surface area (Å²) in [5.41, 5.74) is 34.5. The van der Waals surface area contributed by atoms with Gasteiger partial charge in [-0.15, -0.1) is 0 Å². The van der Waals surface area contributed by atoms with E-state index in [4.69, 9.17) is 26.5 Å². The van der Waals surface area contributed by atoms with Gasteiger partial charge in [0.15, 0.2) is 0 Å². The van der Waals surface area contributed by atoms with Crippen LogP contribution in [0.4, 0.5) is 0 Å². The molecular formula is C138H114O6. The Morgan fingerprint density at radius 2 is 0.424 bits per heavy atom. The second-order valence-electron chi connectivity index (χ2n) is 39.9. The minimum atomic E-state index is 0.439. The van der Waals surface area contributed by atoms with Gasteiger partial charge < -0.3 is 26.5 Å². The van der Waals surface area contributed by atoms with Crippen LogP contribution in [0, 0.1) is 0 Å². The third kappa shape index (κ3) is 18.0. The van der Waals surface area contributed by atoms with Crippen molar-refractivity contribution in [3.05, 3.63) is 470 Å². The molecule has 0 atom stereocenters. The van der Waals surface area contributed by atoms with Crippen LogP contribution in [-0.4, -0.2) is 0 Å². The molecule has 0 amide bonds. The van der Waals surface area contributed by atoms with Crippen LogP contribution in [0.5, 0.6) is 0 Å². The summed E-state index contributed by atoms with van der Waals surface area (Å²) >= 11 is 0. The Hall–Kier alpha value is -16.8. The summed E-state index contributed by atoms with van der Waals surface area (Å²) in [6.07, 6.45) is 0. The molecule has 0 unspecified atom stereocenters. The van der Waals surface area contributed by atoms with Gasteiger partial charge in [-0.2, -0.15) is 0 Å². The molecule has 144 heavy (non-hydrogen) atoms. The Kier molecular flexibility index (Phi) is 25.4. The molecule has 0 spiro atoms. The van der Waals surface area contributed by atoms with Gasteiger partial charge in [0, 0.05) is 75.8 Å². The van der Waals surface area contributed by atoms with Gasteiger partial charge in [-0.3, -0.25) is 0 Å². The Bertz CT molecular complexity index is 9380. The monoisotopic (exact) mass is 1870 g/mol. The van der Waals surface area contributed by atoms with E-state index in [2.05, 4.69) is 453 Å². The maximum atomic E-state index is 6.28. The van der Waals surface area contributed by atoms with Crippen molar-refractivity contribution in [2.24, 2.45) is 0 Å². The second-order valence-corrected chi connectivity index (χ2v) is 39.9. The van der Waals surface area contributed by atoms with E-state index in [9.17, 15) is 0 Å². The molecule has 0 fully saturated rings. The summed E-state index contributed by atoms with van der Waals surface area (Å²) in [4.78, 5) is 0. The SMILES string of the molecule is CC(C)c1cc(-c2ccc3ccccc3c2)c2oc3ccccc3c2c1.CC(C)c1cc(-c2ccccc2)c2oc3ccccc3c2c1.CC(C)c1cc2c(cc1-c1ccc3ccccc3c1)oc1ccccc12.CC(C)c1cc2c(cc1-c1ccccc1)oc1ccccc12.CC(C)c1ccc2oc3ccccc3c2c1-c1ccc2ccccc2c1.CC(C)c1ccc2oc3ccccc3c2c1-c1ccccc1. The first-order chi connectivity index (χ1) is 70.4. The van der Waals surface area contributed by atoms with E-state index < -0.39 is 0 Å². The molecule has 6 heterocycles. The highest BCUT2D eigenvalue weighted by Crippen LogP contribution is 2.48. The van der Waals surface area contributed by atoms with Crippen LogP contribution in [0.2, 0.25) is 0 Å². The van der Waals surface area contributed by atoms with E-state index in [0.717, 1.165) is 67.0 Å². The fourth-order valence-corrected chi connectivity index (χ4v) is 21.0. The topological polar surface area (TPSA) is 78.8 Å². The first kappa shape index (κ1) is 92.2. The van der Waals surface area contributed by atoms with Crippen LogP contribution < -0.4 is 0 Å². The molecule has 0 saturated carbocycles. The van der Waals surface area contributed by atoms with Crippen LogP contribution in [0.3, 0.4) is 0 Å². The zero-order chi connectivity index (χ0) is 98.3. The zero-order valence-electron chi connectivity index (χ0n) is 83.5. The predicted octanol–water partition coefficient (Wildman–Crippen LogP) is 41.7. The number of furan rings is 6. The largest absolute Gasteiger partial charge is 0.456 e. The third-order valence-electron chi connectivity index (χ3n) is 28.5. The second kappa shape index (κ2) is 39.7. The zero-order valence-corrected chi connectivity index (χ0v) is 83.5. The average Bonchev–Trinajstić information content (AvgIpc) is 1.61. The van der Waals surface area contributed by atoms with Crippen molar-refractivity contribution in [2.75, 3.05) is 0 Å². The van der Waals surface area contributed by atoms with Gasteiger partial charge in [-0.25, -0.2) is 0 Å². The maximum Gasteiger partial charge on any atom is 0.143 e. The summed E-state index contributed by atoms with van der Waals surface area (Å²) in [6.45, 7) is 27.0. The molecule has 0 aliphatic heterocycles. The summed E-state index contributed by atoms with van der Waals surface area (Å²) in [5, 5.41) is 22.0. The molecule has 0 radical (unpaired) electrons. The van der Waals surface area contributed by atoms with Crippen molar-refractivity contribution < 1.29 is 26.5 Å². The highest BCUT2D eigenvalue weighted by Gasteiger charge is 2.25. The summed E-state index contributed by atoms with van der Waals surface area (Å²) in [5.74, 6) is 2.76. The van der Waals surface area contributed by atoms with Crippen LogP contribution >= 0.6 is 0 Å². The normalized spacial score (nSPS) is 11.7. The molecule has 6 aromatic heterocycles. The van der Waals surface area contributed by atoms with Gasteiger partial charge in [0.2, 0.25) is 0 Å². The first-order valence-electron chi connectivity index (χ1n) is 50.7. The van der Waals surface area contributed by atoms with Crippen LogP contribution in [-0.2, 0) is 0 Å². The minimum Gasteiger partial charge on any atom is -0.456 e. The molecule has 27 rings (SSSR count). The van der Waals surface area contributed by atoms with Gasteiger partial charge in [0.1, 0.15) is 67.0 Å². The molecule has 0 bridgehead atoms. The first-order valence-corrected chi connectivity index (χ1v) is 50.7. The third-order valence-corrected chi connectivity index (χ3v) is 28.5. The van der Waals surface area contributed by atoms with Crippen molar-refractivity contribution in [3.8, 4) is 66.8 Å². The molecule has 0 aliphatic rings. The Balaban J connectivity index is 0.0000000988. The van der Waals surface area contributed by atoms with E-state index in [1.54, 1.807) is 0 Å². The lowest BCUT2D eigenvalue weighted by Gasteiger charge is -2.15. The number of hydrogen-bond acceptors (Lipinski definition) is 6. The Morgan fingerprint density at radius 1 is 0.146 bits per heavy atom. The van der Waals surface area contributed by atoms with Crippen molar-refractivity contribution in [1.29, 1.82) is 0 Å². The van der Waals surface area contributed by atoms with Crippen molar-refractivity contribution in [3.63, 3.8) is 0 Å². The quantitative estimate of drug-likeness (QED) is 0.121. The Morgan fingerprint density at radius 3 is 0.806 bits per heavy atom. The van der Waals surface area contributed by atoms with E-state index in [-0.39, 0.29) is 0 Å². The van der Waals surface area contributed by atoms with Gasteiger partial charge >= 0.3 is 0 Å². The minimum absolute atomic E-state index is 0.439. The predicted molar refractivity (Wildman–Crippen MR) is 612 cm³/mol. The summed E-state index contributed by atoms with van der Waals surface area (Å²) in [6, 6.07) is 154. The molecular weight excluding hydrogens is 1750 g/mol. The standard InChI is InChI=1S/3C25H20O.3C21H18O/c1-16(2)20-14-22(19-12-11-17-7-3-4-8-18(17)13-19)25-23(15-20)21-9-5-6-10-24(21)26-25;1-16(2)21-14-23-20-9-5-6-10-24(20)26-25(23)15-22(21)19-12-11-17-7-3-4-8-18(17)13-19;1-16(2)20-13-14-23-25(21-9-5-6-10-22(21)26-23)24(20)19-12-11-17-7-3-4-8-18(17)15-19;1-14(2)16-12-18(15-8-4-3-5-9-15)21-19(13-16)17-10-6-7-11-20(17)22-21;1-14(2)17-12-19-16-10-6-7-11-20(16)22-21(19)13-18(17)15-8-4-3-5-9-15;1-14(2)16-12-13-19-21(17-10-6-7-11-18(17)22-19)20(16)15-8-4-3-5-9-15/h3*3-16H,1-2H3;3*3-14H,1-2H3. The fourth-order valence-electron chi connectivity index (χ4n) is 21.0. The van der Waals surface area contributed by atoms with E-state index >= 15 is 0 Å². The van der Waals surface area contributed by atoms with Gasteiger partial charge in [0.25, 0.3) is 0 Å².